The van der Waals surface area contributed by atoms with Crippen molar-refractivity contribution in [3.8, 4) is 16.7 Å². The summed E-state index contributed by atoms with van der Waals surface area (Å²) in [5.74, 6) is 0.516. The van der Waals surface area contributed by atoms with Crippen LogP contribution in [0.1, 0.15) is 24.6 Å². The van der Waals surface area contributed by atoms with Crippen molar-refractivity contribution in [2.45, 2.75) is 32.2 Å². The van der Waals surface area contributed by atoms with E-state index in [-0.39, 0.29) is 0 Å². The number of nitrogens with zero attached hydrogens (tertiary/aromatic N) is 1. The summed E-state index contributed by atoms with van der Waals surface area (Å²) in [6.45, 7) is 2.30. The number of benzene rings is 1. The number of carbonyl (C=O) groups excluding carboxylic acids is 1. The molecule has 0 radical (unpaired) electrons. The molecule has 0 bridgehead atoms. The first kappa shape index (κ1) is 20.5. The number of aromatic nitrogens is 1. The molecule has 5 nitrogen and oxygen atoms in total. The van der Waals surface area contributed by atoms with Crippen LogP contribution in [0.3, 0.4) is 0 Å². The maximum atomic E-state index is 12.2. The highest BCUT2D eigenvalue weighted by atomic mass is 35.5. The molecular weight excluding hydrogens is 410 g/mol. The van der Waals surface area contributed by atoms with Crippen LogP contribution in [0, 0.1) is 5.92 Å². The number of rotatable bonds is 9. The van der Waals surface area contributed by atoms with Gasteiger partial charge in [0.1, 0.15) is 11.5 Å². The quantitative estimate of drug-likeness (QED) is 0.599. The van der Waals surface area contributed by atoms with Gasteiger partial charge >= 0.3 is 6.43 Å². The molecule has 0 aliphatic heterocycles. The molecule has 3 rings (SSSR count). The van der Waals surface area contributed by atoms with Crippen LogP contribution in [-0.4, -0.2) is 30.0 Å². The van der Waals surface area contributed by atoms with Crippen LogP contribution in [0.4, 0.5) is 8.78 Å². The molecule has 1 saturated carbocycles. The Balaban J connectivity index is 1.55. The maximum Gasteiger partial charge on any atom is 0.315 e. The van der Waals surface area contributed by atoms with Gasteiger partial charge in [-0.1, -0.05) is 29.0 Å². The molecule has 28 heavy (non-hydrogen) atoms. The molecule has 150 valence electrons. The number of ether oxygens (including phenoxy) is 2. The lowest BCUT2D eigenvalue weighted by molar-refractivity contribution is -0.132. The van der Waals surface area contributed by atoms with E-state index < -0.39 is 18.4 Å². The Kier molecular flexibility index (Phi) is 6.85. The SMILES string of the molecule is C[C@@H](/C=C/c1cnc(Oc2ccc(OCC3CC3)cc2Cl)s1)NC(=O)C(F)F. The van der Waals surface area contributed by atoms with Crippen molar-refractivity contribution in [3.05, 3.63) is 40.4 Å². The Bertz CT molecular complexity index is 855. The van der Waals surface area contributed by atoms with Crippen molar-refractivity contribution in [1.82, 2.24) is 10.3 Å². The Morgan fingerprint density at radius 1 is 1.46 bits per heavy atom. The number of alkyl halides is 2. The number of carbonyl (C=O) groups is 1. The number of hydrogen-bond acceptors (Lipinski definition) is 5. The van der Waals surface area contributed by atoms with Crippen LogP contribution in [0.25, 0.3) is 6.08 Å². The monoisotopic (exact) mass is 428 g/mol. The fourth-order valence-corrected chi connectivity index (χ4v) is 3.12. The topological polar surface area (TPSA) is 60.5 Å². The minimum Gasteiger partial charge on any atom is -0.493 e. The standard InChI is InChI=1S/C19H19ClF2N2O3S/c1-11(24-18(25)17(21)22)2-6-14-9-23-19(28-14)27-16-7-5-13(8-15(16)20)26-10-12-3-4-12/h2,5-9,11-12,17H,3-4,10H2,1H3,(H,24,25)/b6-2+/t11-/m0/s1. The second kappa shape index (κ2) is 9.34. The number of amides is 1. The fourth-order valence-electron chi connectivity index (χ4n) is 2.22. The summed E-state index contributed by atoms with van der Waals surface area (Å²) in [6, 6.07) is 4.70. The van der Waals surface area contributed by atoms with Gasteiger partial charge in [0, 0.05) is 18.3 Å². The van der Waals surface area contributed by atoms with Crippen molar-refractivity contribution < 1.29 is 23.0 Å². The van der Waals surface area contributed by atoms with E-state index in [9.17, 15) is 13.6 Å². The average molecular weight is 429 g/mol. The molecule has 1 heterocycles. The average Bonchev–Trinajstić information content (AvgIpc) is 3.38. The van der Waals surface area contributed by atoms with E-state index in [0.29, 0.717) is 34.2 Å². The summed E-state index contributed by atoms with van der Waals surface area (Å²) in [4.78, 5) is 15.9. The number of thiazole rings is 1. The Morgan fingerprint density at radius 3 is 2.93 bits per heavy atom. The largest absolute Gasteiger partial charge is 0.493 e. The molecule has 1 N–H and O–H groups in total. The first-order valence-electron chi connectivity index (χ1n) is 8.73. The highest BCUT2D eigenvalue weighted by Gasteiger charge is 2.22. The van der Waals surface area contributed by atoms with Gasteiger partial charge in [-0.25, -0.2) is 4.98 Å². The van der Waals surface area contributed by atoms with E-state index in [1.165, 1.54) is 24.2 Å². The summed E-state index contributed by atoms with van der Waals surface area (Å²) in [7, 11) is 0. The Labute approximate surface area is 170 Å². The van der Waals surface area contributed by atoms with Gasteiger partial charge in [-0.2, -0.15) is 8.78 Å². The van der Waals surface area contributed by atoms with Crippen molar-refractivity contribution in [1.29, 1.82) is 0 Å². The van der Waals surface area contributed by atoms with Gasteiger partial charge in [0.15, 0.2) is 0 Å². The van der Waals surface area contributed by atoms with Crippen LogP contribution < -0.4 is 14.8 Å². The Hall–Kier alpha value is -2.19. The van der Waals surface area contributed by atoms with Gasteiger partial charge in [-0.15, -0.1) is 0 Å². The molecule has 1 aliphatic carbocycles. The van der Waals surface area contributed by atoms with Gasteiger partial charge in [0.05, 0.1) is 16.5 Å². The summed E-state index contributed by atoms with van der Waals surface area (Å²) >= 11 is 7.51. The molecule has 1 amide bonds. The minimum absolute atomic E-state index is 0.387. The lowest BCUT2D eigenvalue weighted by atomic mass is 10.3. The summed E-state index contributed by atoms with van der Waals surface area (Å²) < 4.78 is 35.8. The number of nitrogens with one attached hydrogen (secondary N) is 1. The minimum atomic E-state index is -3.03. The van der Waals surface area contributed by atoms with Crippen molar-refractivity contribution in [3.63, 3.8) is 0 Å². The molecule has 0 unspecified atom stereocenters. The van der Waals surface area contributed by atoms with E-state index in [4.69, 9.17) is 21.1 Å². The zero-order valence-corrected chi connectivity index (χ0v) is 16.6. The molecule has 2 aromatic rings. The van der Waals surface area contributed by atoms with Gasteiger partial charge < -0.3 is 14.8 Å². The van der Waals surface area contributed by atoms with E-state index in [2.05, 4.69) is 10.3 Å². The molecule has 0 saturated heterocycles. The normalized spacial score (nSPS) is 15.0. The molecule has 1 aromatic heterocycles. The van der Waals surface area contributed by atoms with E-state index in [1.54, 1.807) is 43.5 Å². The molecule has 9 heteroatoms. The highest BCUT2D eigenvalue weighted by molar-refractivity contribution is 7.14. The van der Waals surface area contributed by atoms with Gasteiger partial charge in [-0.05, 0) is 43.9 Å². The van der Waals surface area contributed by atoms with E-state index in [1.807, 2.05) is 0 Å². The summed E-state index contributed by atoms with van der Waals surface area (Å²) in [6.07, 6.45) is 4.25. The Morgan fingerprint density at radius 2 is 2.25 bits per heavy atom. The van der Waals surface area contributed by atoms with E-state index in [0.717, 1.165) is 4.88 Å². The van der Waals surface area contributed by atoms with Gasteiger partial charge in [0.25, 0.3) is 11.1 Å². The van der Waals surface area contributed by atoms with E-state index >= 15 is 0 Å². The third kappa shape index (κ3) is 6.17. The summed E-state index contributed by atoms with van der Waals surface area (Å²) in [5, 5.41) is 2.98. The highest BCUT2D eigenvalue weighted by Crippen LogP contribution is 2.35. The van der Waals surface area contributed by atoms with Crippen LogP contribution in [-0.2, 0) is 4.79 Å². The number of hydrogen-bond donors (Lipinski definition) is 1. The summed E-state index contributed by atoms with van der Waals surface area (Å²) in [5.41, 5.74) is 0. The molecular formula is C19H19ClF2N2O3S. The molecule has 0 spiro atoms. The van der Waals surface area contributed by atoms with Crippen molar-refractivity contribution in [2.75, 3.05) is 6.61 Å². The maximum absolute atomic E-state index is 12.2. The third-order valence-corrected chi connectivity index (χ3v) is 5.04. The lowest BCUT2D eigenvalue weighted by Gasteiger charge is -2.08. The third-order valence-electron chi connectivity index (χ3n) is 3.90. The zero-order valence-electron chi connectivity index (χ0n) is 15.0. The van der Waals surface area contributed by atoms with Gasteiger partial charge in [0.2, 0.25) is 0 Å². The van der Waals surface area contributed by atoms with Crippen LogP contribution >= 0.6 is 22.9 Å². The van der Waals surface area contributed by atoms with Crippen molar-refractivity contribution >= 4 is 34.9 Å². The van der Waals surface area contributed by atoms with Gasteiger partial charge in [-0.3, -0.25) is 4.79 Å². The predicted octanol–water partition coefficient (Wildman–Crippen LogP) is 5.16. The fraction of sp³-hybridized carbons (Fsp3) is 0.368. The smallest absolute Gasteiger partial charge is 0.315 e. The molecule has 1 atom stereocenters. The second-order valence-electron chi connectivity index (χ2n) is 6.43. The van der Waals surface area contributed by atoms with Crippen LogP contribution in [0.2, 0.25) is 5.02 Å². The second-order valence-corrected chi connectivity index (χ2v) is 7.87. The molecule has 1 fully saturated rings. The molecule has 1 aliphatic rings. The lowest BCUT2D eigenvalue weighted by Crippen LogP contribution is -2.35. The zero-order chi connectivity index (χ0) is 20.1. The predicted molar refractivity (Wildman–Crippen MR) is 105 cm³/mol. The van der Waals surface area contributed by atoms with Crippen LogP contribution in [0.5, 0.6) is 16.7 Å². The van der Waals surface area contributed by atoms with Crippen LogP contribution in [0.15, 0.2) is 30.5 Å². The van der Waals surface area contributed by atoms with Crippen molar-refractivity contribution in [2.24, 2.45) is 5.92 Å². The first-order chi connectivity index (χ1) is 13.4. The molecule has 1 aromatic carbocycles. The first-order valence-corrected chi connectivity index (χ1v) is 9.93. The number of halogens is 3.